The van der Waals surface area contributed by atoms with Gasteiger partial charge in [0.15, 0.2) is 5.71 Å². The van der Waals surface area contributed by atoms with Gasteiger partial charge in [-0.05, 0) is 12.5 Å². The molecule has 1 aliphatic rings. The number of hydrogen-bond acceptors (Lipinski definition) is 4. The second-order valence-electron chi connectivity index (χ2n) is 2.61. The first-order valence-electron chi connectivity index (χ1n) is 3.67. The van der Waals surface area contributed by atoms with E-state index in [1.54, 1.807) is 13.0 Å². The van der Waals surface area contributed by atoms with Crippen molar-refractivity contribution in [2.45, 2.75) is 6.92 Å². The number of rotatable bonds is 1. The first kappa shape index (κ1) is 9.37. The molecule has 0 amide bonds. The summed E-state index contributed by atoms with van der Waals surface area (Å²) in [6.07, 6.45) is 2.92. The van der Waals surface area contributed by atoms with Crippen LogP contribution in [0.25, 0.3) is 0 Å². The molecule has 1 N–H and O–H groups in total. The van der Waals surface area contributed by atoms with Gasteiger partial charge in [0.2, 0.25) is 7.98 Å². The summed E-state index contributed by atoms with van der Waals surface area (Å²) < 4.78 is 0. The topological polar surface area (TPSA) is 79.3 Å². The summed E-state index contributed by atoms with van der Waals surface area (Å²) in [5.41, 5.74) is 0.839. The van der Waals surface area contributed by atoms with Gasteiger partial charge < -0.3 is 4.90 Å². The predicted octanol–water partition coefficient (Wildman–Crippen LogP) is 0.116. The van der Waals surface area contributed by atoms with Crippen LogP contribution < -0.4 is 0 Å². The molecule has 0 fully saturated rings. The van der Waals surface area contributed by atoms with Crippen LogP contribution in [0.1, 0.15) is 6.92 Å². The first-order chi connectivity index (χ1) is 6.07. The van der Waals surface area contributed by atoms with Crippen LogP contribution in [0.15, 0.2) is 28.3 Å². The Morgan fingerprint density at radius 2 is 2.23 bits per heavy atom. The summed E-state index contributed by atoms with van der Waals surface area (Å²) in [5.74, 6) is 0. The van der Waals surface area contributed by atoms with Crippen molar-refractivity contribution in [2.75, 3.05) is 0 Å². The van der Waals surface area contributed by atoms with E-state index in [0.717, 1.165) is 5.57 Å². The summed E-state index contributed by atoms with van der Waals surface area (Å²) in [6.45, 7) is 1.77. The minimum Gasteiger partial charge on any atom is -0.350 e. The standard InChI is InChI=1S/C7H8BN3O2/c1-4-2-3-5(11(12)13)6(9)7(4)10-8/h2-3,9H,8H2,1H3/b9-6?,10-7-. The molecule has 0 aromatic rings. The Morgan fingerprint density at radius 3 is 2.69 bits per heavy atom. The van der Waals surface area contributed by atoms with E-state index in [1.165, 1.54) is 14.1 Å². The van der Waals surface area contributed by atoms with Gasteiger partial charge in [0, 0.05) is 6.08 Å². The van der Waals surface area contributed by atoms with Gasteiger partial charge in [-0.1, -0.05) is 6.08 Å². The zero-order valence-electron chi connectivity index (χ0n) is 7.37. The number of nitro groups is 1. The minimum atomic E-state index is -0.573. The maximum Gasteiger partial charge on any atom is 0.296 e. The molecular weight excluding hydrogens is 169 g/mol. The van der Waals surface area contributed by atoms with Gasteiger partial charge in [0.1, 0.15) is 0 Å². The summed E-state index contributed by atoms with van der Waals surface area (Å²) in [5, 5.41) is 17.9. The third-order valence-electron chi connectivity index (χ3n) is 1.78. The van der Waals surface area contributed by atoms with Crippen LogP contribution in [0.5, 0.6) is 0 Å². The van der Waals surface area contributed by atoms with Crippen LogP contribution in [-0.2, 0) is 0 Å². The third-order valence-corrected chi connectivity index (χ3v) is 1.78. The minimum absolute atomic E-state index is 0.118. The van der Waals surface area contributed by atoms with Crippen molar-refractivity contribution in [1.29, 1.82) is 5.41 Å². The molecule has 0 bridgehead atoms. The Morgan fingerprint density at radius 1 is 1.62 bits per heavy atom. The third kappa shape index (κ3) is 1.56. The fraction of sp³-hybridized carbons (Fsp3) is 0.143. The van der Waals surface area contributed by atoms with Gasteiger partial charge >= 0.3 is 0 Å². The highest BCUT2D eigenvalue weighted by atomic mass is 16.6. The second-order valence-corrected chi connectivity index (χ2v) is 2.61. The Balaban J connectivity index is 3.19. The molecule has 6 heteroatoms. The Bertz CT molecular complexity index is 368. The molecule has 0 saturated carbocycles. The maximum absolute atomic E-state index is 10.4. The maximum atomic E-state index is 10.4. The zero-order valence-corrected chi connectivity index (χ0v) is 7.37. The van der Waals surface area contributed by atoms with Crippen LogP contribution in [-0.4, -0.2) is 24.3 Å². The Labute approximate surface area is 76.0 Å². The highest BCUT2D eigenvalue weighted by molar-refractivity contribution is 6.54. The summed E-state index contributed by atoms with van der Waals surface area (Å²) in [4.78, 5) is 13.7. The summed E-state index contributed by atoms with van der Waals surface area (Å²) in [6, 6.07) is 0. The van der Waals surface area contributed by atoms with E-state index in [9.17, 15) is 10.1 Å². The molecule has 0 radical (unpaired) electrons. The van der Waals surface area contributed by atoms with Gasteiger partial charge in [-0.15, -0.1) is 0 Å². The number of hydrogen-bond donors (Lipinski definition) is 1. The summed E-state index contributed by atoms with van der Waals surface area (Å²) in [7, 11) is 1.52. The molecule has 66 valence electrons. The molecule has 1 rings (SSSR count). The van der Waals surface area contributed by atoms with Crippen molar-refractivity contribution in [1.82, 2.24) is 0 Å². The van der Waals surface area contributed by atoms with Crippen molar-refractivity contribution in [2.24, 2.45) is 4.90 Å². The lowest BCUT2D eigenvalue weighted by Gasteiger charge is -2.09. The van der Waals surface area contributed by atoms with Crippen molar-refractivity contribution in [3.63, 3.8) is 0 Å². The van der Waals surface area contributed by atoms with Crippen LogP contribution >= 0.6 is 0 Å². The average molecular weight is 177 g/mol. The monoisotopic (exact) mass is 177 g/mol. The second kappa shape index (κ2) is 3.34. The average Bonchev–Trinajstić information content (AvgIpc) is 2.04. The van der Waals surface area contributed by atoms with E-state index in [4.69, 9.17) is 5.41 Å². The molecule has 0 aromatic carbocycles. The van der Waals surface area contributed by atoms with E-state index in [1.807, 2.05) is 0 Å². The lowest BCUT2D eigenvalue weighted by Crippen LogP contribution is -2.24. The van der Waals surface area contributed by atoms with E-state index < -0.39 is 4.92 Å². The van der Waals surface area contributed by atoms with Crippen LogP contribution in [0, 0.1) is 15.5 Å². The number of allylic oxidation sites excluding steroid dienone is 4. The Hall–Kier alpha value is -1.72. The largest absolute Gasteiger partial charge is 0.350 e. The Kier molecular flexibility index (Phi) is 2.41. The van der Waals surface area contributed by atoms with Crippen molar-refractivity contribution in [3.8, 4) is 0 Å². The smallest absolute Gasteiger partial charge is 0.296 e. The highest BCUT2D eigenvalue weighted by Crippen LogP contribution is 2.12. The lowest BCUT2D eigenvalue weighted by atomic mass is 9.99. The van der Waals surface area contributed by atoms with Gasteiger partial charge in [-0.3, -0.25) is 15.5 Å². The molecule has 1 aliphatic carbocycles. The molecule has 0 aliphatic heterocycles. The fourth-order valence-corrected chi connectivity index (χ4v) is 1.12. The lowest BCUT2D eigenvalue weighted by molar-refractivity contribution is -0.414. The van der Waals surface area contributed by atoms with Crippen molar-refractivity contribution >= 4 is 19.4 Å². The molecule has 13 heavy (non-hydrogen) atoms. The van der Waals surface area contributed by atoms with Crippen LogP contribution in [0.4, 0.5) is 0 Å². The predicted molar refractivity (Wildman–Crippen MR) is 52.5 cm³/mol. The van der Waals surface area contributed by atoms with Crippen LogP contribution in [0.3, 0.4) is 0 Å². The molecule has 5 nitrogen and oxygen atoms in total. The molecule has 0 unspecified atom stereocenters. The van der Waals surface area contributed by atoms with E-state index >= 15 is 0 Å². The van der Waals surface area contributed by atoms with Crippen LogP contribution in [0.2, 0.25) is 0 Å². The molecule has 0 saturated heterocycles. The molecule has 0 spiro atoms. The van der Waals surface area contributed by atoms with Gasteiger partial charge in [0.05, 0.1) is 10.6 Å². The molecular formula is C7H8BN3O2. The van der Waals surface area contributed by atoms with E-state index in [0.29, 0.717) is 5.71 Å². The van der Waals surface area contributed by atoms with Gasteiger partial charge in [-0.2, -0.15) is 0 Å². The van der Waals surface area contributed by atoms with Gasteiger partial charge in [-0.25, -0.2) is 0 Å². The number of nitrogens with zero attached hydrogens (tertiary/aromatic N) is 2. The first-order valence-corrected chi connectivity index (χ1v) is 3.67. The fourth-order valence-electron chi connectivity index (χ4n) is 1.12. The quantitative estimate of drug-likeness (QED) is 0.267. The van der Waals surface area contributed by atoms with Crippen molar-refractivity contribution < 1.29 is 4.92 Å². The summed E-state index contributed by atoms with van der Waals surface area (Å²) >= 11 is 0. The normalized spacial score (nSPS) is 19.8. The molecule has 0 heterocycles. The molecule has 0 atom stereocenters. The van der Waals surface area contributed by atoms with Crippen molar-refractivity contribution in [3.05, 3.63) is 33.5 Å². The molecule has 0 aromatic heterocycles. The highest BCUT2D eigenvalue weighted by Gasteiger charge is 2.25. The number of nitrogens with one attached hydrogen (secondary N) is 1. The zero-order chi connectivity index (χ0) is 10.0. The van der Waals surface area contributed by atoms with E-state index in [-0.39, 0.29) is 11.4 Å². The SMILES string of the molecule is B/N=C1\C(=N)C([N+](=O)[O-])=CC=C1C. The van der Waals surface area contributed by atoms with E-state index in [2.05, 4.69) is 4.90 Å². The van der Waals surface area contributed by atoms with Gasteiger partial charge in [0.25, 0.3) is 5.70 Å².